The minimum Gasteiger partial charge on any atom is -0.469 e. The average Bonchev–Trinajstić information content (AvgIpc) is 2.95. The maximum atomic E-state index is 11.2. The Kier molecular flexibility index (Phi) is 8.77. The van der Waals surface area contributed by atoms with Crippen LogP contribution in [0.4, 0.5) is 0 Å². The summed E-state index contributed by atoms with van der Waals surface area (Å²) < 4.78 is 15.5. The van der Waals surface area contributed by atoms with Crippen molar-refractivity contribution in [3.8, 4) is 0 Å². The van der Waals surface area contributed by atoms with Crippen LogP contribution in [-0.2, 0) is 19.0 Å². The fraction of sp³-hybridized carbons (Fsp3) is 0.929. The Labute approximate surface area is 121 Å². The highest BCUT2D eigenvalue weighted by atomic mass is 16.5. The second kappa shape index (κ2) is 10.1. The summed E-state index contributed by atoms with van der Waals surface area (Å²) in [6.07, 6.45) is 2.10. The molecule has 0 aliphatic carbocycles. The molecule has 1 N–H and O–H groups in total. The standard InChI is InChI=1S/C14H27NO5/c1-3-19-11-12(16)9-15(7-6-14(17)18-2)10-13-5-4-8-20-13/h12-13,16H,3-11H2,1-2H3. The maximum absolute atomic E-state index is 11.2. The summed E-state index contributed by atoms with van der Waals surface area (Å²) in [5.41, 5.74) is 0. The number of aliphatic hydroxyl groups excluding tert-OH is 1. The van der Waals surface area contributed by atoms with Crippen LogP contribution in [0.1, 0.15) is 26.2 Å². The second-order valence-corrected chi connectivity index (χ2v) is 5.03. The predicted octanol–water partition coefficient (Wildman–Crippen LogP) is 0.428. The molecule has 1 saturated heterocycles. The monoisotopic (exact) mass is 289 g/mol. The van der Waals surface area contributed by atoms with Gasteiger partial charge in [-0.15, -0.1) is 0 Å². The van der Waals surface area contributed by atoms with Crippen molar-refractivity contribution < 1.29 is 24.1 Å². The number of carbonyl (C=O) groups excluding carboxylic acids is 1. The molecule has 118 valence electrons. The summed E-state index contributed by atoms with van der Waals surface area (Å²) >= 11 is 0. The van der Waals surface area contributed by atoms with E-state index >= 15 is 0 Å². The highest BCUT2D eigenvalue weighted by Gasteiger charge is 2.21. The van der Waals surface area contributed by atoms with Crippen molar-refractivity contribution in [1.29, 1.82) is 0 Å². The Hall–Kier alpha value is -0.690. The highest BCUT2D eigenvalue weighted by molar-refractivity contribution is 5.69. The maximum Gasteiger partial charge on any atom is 0.306 e. The van der Waals surface area contributed by atoms with E-state index in [0.29, 0.717) is 32.7 Å². The summed E-state index contributed by atoms with van der Waals surface area (Å²) in [4.78, 5) is 13.3. The molecule has 6 heteroatoms. The van der Waals surface area contributed by atoms with Gasteiger partial charge < -0.3 is 19.3 Å². The van der Waals surface area contributed by atoms with Crippen LogP contribution in [0.3, 0.4) is 0 Å². The molecule has 1 aliphatic heterocycles. The first-order chi connectivity index (χ1) is 9.65. The average molecular weight is 289 g/mol. The Balaban J connectivity index is 2.37. The van der Waals surface area contributed by atoms with E-state index in [1.165, 1.54) is 7.11 Å². The Morgan fingerprint density at radius 3 is 2.95 bits per heavy atom. The van der Waals surface area contributed by atoms with Crippen molar-refractivity contribution in [2.24, 2.45) is 0 Å². The fourth-order valence-electron chi connectivity index (χ4n) is 2.29. The number of rotatable bonds is 10. The lowest BCUT2D eigenvalue weighted by Crippen LogP contribution is -2.40. The third-order valence-corrected chi connectivity index (χ3v) is 3.33. The summed E-state index contributed by atoms with van der Waals surface area (Å²) in [6, 6.07) is 0. The molecule has 0 aromatic heterocycles. The van der Waals surface area contributed by atoms with Crippen molar-refractivity contribution >= 4 is 5.97 Å². The van der Waals surface area contributed by atoms with Gasteiger partial charge in [0.25, 0.3) is 0 Å². The molecule has 0 aromatic carbocycles. The molecule has 1 aliphatic rings. The number of methoxy groups -OCH3 is 1. The van der Waals surface area contributed by atoms with Gasteiger partial charge in [0.2, 0.25) is 0 Å². The summed E-state index contributed by atoms with van der Waals surface area (Å²) in [6.45, 7) is 5.39. The minimum absolute atomic E-state index is 0.201. The Bertz CT molecular complexity index is 268. The van der Waals surface area contributed by atoms with Crippen LogP contribution in [0.5, 0.6) is 0 Å². The summed E-state index contributed by atoms with van der Waals surface area (Å²) in [5.74, 6) is -0.235. The molecule has 20 heavy (non-hydrogen) atoms. The number of hydrogen-bond acceptors (Lipinski definition) is 6. The van der Waals surface area contributed by atoms with E-state index in [4.69, 9.17) is 9.47 Å². The zero-order valence-corrected chi connectivity index (χ0v) is 12.5. The first-order valence-electron chi connectivity index (χ1n) is 7.32. The Morgan fingerprint density at radius 1 is 1.55 bits per heavy atom. The predicted molar refractivity (Wildman–Crippen MR) is 74.5 cm³/mol. The van der Waals surface area contributed by atoms with Gasteiger partial charge in [0.1, 0.15) is 0 Å². The van der Waals surface area contributed by atoms with E-state index in [-0.39, 0.29) is 12.1 Å². The third-order valence-electron chi connectivity index (χ3n) is 3.33. The molecule has 0 aromatic rings. The summed E-state index contributed by atoms with van der Waals surface area (Å²) in [5, 5.41) is 9.92. The number of ether oxygens (including phenoxy) is 3. The lowest BCUT2D eigenvalue weighted by molar-refractivity contribution is -0.141. The number of hydrogen-bond donors (Lipinski definition) is 1. The molecule has 0 amide bonds. The largest absolute Gasteiger partial charge is 0.469 e. The molecule has 1 fully saturated rings. The van der Waals surface area contributed by atoms with Gasteiger partial charge in [0.15, 0.2) is 0 Å². The number of aliphatic hydroxyl groups is 1. The van der Waals surface area contributed by atoms with Gasteiger partial charge in [-0.25, -0.2) is 0 Å². The van der Waals surface area contributed by atoms with E-state index in [1.54, 1.807) is 0 Å². The van der Waals surface area contributed by atoms with Gasteiger partial charge in [-0.2, -0.15) is 0 Å². The van der Waals surface area contributed by atoms with Crippen LogP contribution in [0.2, 0.25) is 0 Å². The second-order valence-electron chi connectivity index (χ2n) is 5.03. The van der Waals surface area contributed by atoms with Gasteiger partial charge in [0, 0.05) is 32.8 Å². The summed E-state index contributed by atoms with van der Waals surface area (Å²) in [7, 11) is 1.39. The highest BCUT2D eigenvalue weighted by Crippen LogP contribution is 2.14. The van der Waals surface area contributed by atoms with Crippen LogP contribution < -0.4 is 0 Å². The molecule has 6 nitrogen and oxygen atoms in total. The van der Waals surface area contributed by atoms with Crippen LogP contribution >= 0.6 is 0 Å². The zero-order valence-electron chi connectivity index (χ0n) is 12.5. The molecule has 0 radical (unpaired) electrons. The molecule has 0 spiro atoms. The van der Waals surface area contributed by atoms with Gasteiger partial charge in [-0.3, -0.25) is 9.69 Å². The van der Waals surface area contributed by atoms with Crippen LogP contribution in [0.15, 0.2) is 0 Å². The van der Waals surface area contributed by atoms with Gasteiger partial charge in [-0.1, -0.05) is 0 Å². The number of esters is 1. The van der Waals surface area contributed by atoms with E-state index in [9.17, 15) is 9.90 Å². The normalized spacial score (nSPS) is 20.3. The fourth-order valence-corrected chi connectivity index (χ4v) is 2.29. The minimum atomic E-state index is -0.547. The quantitative estimate of drug-likeness (QED) is 0.588. The lowest BCUT2D eigenvalue weighted by atomic mass is 10.2. The van der Waals surface area contributed by atoms with E-state index in [0.717, 1.165) is 26.0 Å². The SMILES string of the molecule is CCOCC(O)CN(CCC(=O)OC)CC1CCCO1. The van der Waals surface area contributed by atoms with Crippen molar-refractivity contribution in [1.82, 2.24) is 4.90 Å². The molecular weight excluding hydrogens is 262 g/mol. The molecule has 1 heterocycles. The first-order valence-corrected chi connectivity index (χ1v) is 7.32. The van der Waals surface area contributed by atoms with Crippen LogP contribution in [0.25, 0.3) is 0 Å². The van der Waals surface area contributed by atoms with E-state index in [1.807, 2.05) is 6.92 Å². The van der Waals surface area contributed by atoms with Crippen molar-refractivity contribution in [2.75, 3.05) is 46.6 Å². The molecule has 0 bridgehead atoms. The lowest BCUT2D eigenvalue weighted by Gasteiger charge is -2.27. The number of carbonyl (C=O) groups is 1. The topological polar surface area (TPSA) is 68.2 Å². The third kappa shape index (κ3) is 7.19. The van der Waals surface area contributed by atoms with Crippen molar-refractivity contribution in [3.63, 3.8) is 0 Å². The van der Waals surface area contributed by atoms with Crippen molar-refractivity contribution in [3.05, 3.63) is 0 Å². The van der Waals surface area contributed by atoms with Gasteiger partial charge in [0.05, 0.1) is 32.3 Å². The van der Waals surface area contributed by atoms with Crippen molar-refractivity contribution in [2.45, 2.75) is 38.4 Å². The van der Waals surface area contributed by atoms with E-state index < -0.39 is 6.10 Å². The zero-order chi connectivity index (χ0) is 14.8. The molecule has 0 saturated carbocycles. The van der Waals surface area contributed by atoms with E-state index in [2.05, 4.69) is 9.64 Å². The molecule has 1 rings (SSSR count). The van der Waals surface area contributed by atoms with Gasteiger partial charge in [-0.05, 0) is 19.8 Å². The Morgan fingerprint density at radius 2 is 2.35 bits per heavy atom. The molecule has 2 unspecified atom stereocenters. The van der Waals surface area contributed by atoms with Crippen LogP contribution in [0, 0.1) is 0 Å². The molecular formula is C14H27NO5. The van der Waals surface area contributed by atoms with Gasteiger partial charge >= 0.3 is 5.97 Å². The first kappa shape index (κ1) is 17.4. The smallest absolute Gasteiger partial charge is 0.306 e. The number of nitrogens with zero attached hydrogens (tertiary/aromatic N) is 1. The molecule has 2 atom stereocenters. The van der Waals surface area contributed by atoms with Crippen LogP contribution in [-0.4, -0.2) is 74.7 Å².